The quantitative estimate of drug-likeness (QED) is 0.442. The summed E-state index contributed by atoms with van der Waals surface area (Å²) in [4.78, 5) is 18.7. The molecule has 4 heterocycles. The van der Waals surface area contributed by atoms with Gasteiger partial charge in [-0.3, -0.25) is 10.1 Å². The van der Waals surface area contributed by atoms with Gasteiger partial charge in [0, 0.05) is 11.1 Å². The Hall–Kier alpha value is -3.91. The van der Waals surface area contributed by atoms with Gasteiger partial charge < -0.3 is 5.32 Å². The fraction of sp³-hybridized carbons (Fsp3) is 0. The molecule has 6 rings (SSSR count). The molecule has 0 aliphatic heterocycles. The van der Waals surface area contributed by atoms with Crippen LogP contribution in [0.2, 0.25) is 0 Å². The summed E-state index contributed by atoms with van der Waals surface area (Å²) in [5.74, 6) is 1.29. The second-order valence-electron chi connectivity index (χ2n) is 6.57. The van der Waals surface area contributed by atoms with Gasteiger partial charge >= 0.3 is 0 Å². The van der Waals surface area contributed by atoms with Gasteiger partial charge in [-0.2, -0.15) is 5.10 Å². The predicted molar refractivity (Wildman–Crippen MR) is 115 cm³/mol. The summed E-state index contributed by atoms with van der Waals surface area (Å²) in [5.41, 5.74) is 5.11. The molecule has 0 unspecified atom stereocenters. The highest BCUT2D eigenvalue weighted by atomic mass is 32.1. The van der Waals surface area contributed by atoms with Crippen LogP contribution in [0.15, 0.2) is 66.3 Å². The first-order valence-corrected chi connectivity index (χ1v) is 9.89. The first kappa shape index (κ1) is 16.1. The molecule has 0 fully saturated rings. The van der Waals surface area contributed by atoms with Crippen LogP contribution in [-0.2, 0) is 0 Å². The lowest BCUT2D eigenvalue weighted by molar-refractivity contribution is 1.12. The van der Waals surface area contributed by atoms with Crippen molar-refractivity contribution >= 4 is 55.0 Å². The highest BCUT2D eigenvalue weighted by molar-refractivity contribution is 7.17. The van der Waals surface area contributed by atoms with Crippen molar-refractivity contribution in [1.82, 2.24) is 30.1 Å². The van der Waals surface area contributed by atoms with Gasteiger partial charge in [-0.05, 0) is 41.8 Å². The number of thiophene rings is 1. The number of anilines is 2. The van der Waals surface area contributed by atoms with Crippen LogP contribution < -0.4 is 5.32 Å². The lowest BCUT2D eigenvalue weighted by atomic mass is 10.2. The fourth-order valence-corrected chi connectivity index (χ4v) is 4.06. The maximum atomic E-state index is 4.78. The zero-order valence-corrected chi connectivity index (χ0v) is 15.8. The monoisotopic (exact) mass is 395 g/mol. The number of para-hydroxylation sites is 2. The Morgan fingerprint density at radius 2 is 1.79 bits per heavy atom. The van der Waals surface area contributed by atoms with Crippen molar-refractivity contribution in [1.29, 1.82) is 0 Å². The molecule has 0 aliphatic rings. The van der Waals surface area contributed by atoms with Gasteiger partial charge in [0.1, 0.15) is 5.69 Å². The standard InChI is InChI=1S/C21H13N7S/c1-2-4-16-15(3-1)22-11-18(25-16)20-26-17-7-8-29-19(17)21(27-20)24-13-5-6-14-12(9-13)10-23-28-14/h1-11H,(H,23,28)(H,24,26,27). The van der Waals surface area contributed by atoms with Gasteiger partial charge in [0.05, 0.1) is 39.2 Å². The third-order valence-electron chi connectivity index (χ3n) is 4.68. The van der Waals surface area contributed by atoms with E-state index in [2.05, 4.69) is 20.5 Å². The van der Waals surface area contributed by atoms with E-state index < -0.39 is 0 Å². The smallest absolute Gasteiger partial charge is 0.182 e. The Morgan fingerprint density at radius 3 is 2.76 bits per heavy atom. The Morgan fingerprint density at radius 1 is 0.862 bits per heavy atom. The lowest BCUT2D eigenvalue weighted by Crippen LogP contribution is -1.99. The van der Waals surface area contributed by atoms with Crippen LogP contribution in [0, 0.1) is 0 Å². The highest BCUT2D eigenvalue weighted by Gasteiger charge is 2.13. The molecule has 0 atom stereocenters. The molecule has 6 aromatic rings. The number of benzene rings is 2. The number of nitrogens with one attached hydrogen (secondary N) is 2. The summed E-state index contributed by atoms with van der Waals surface area (Å²) in [6.07, 6.45) is 3.52. The molecule has 0 bridgehead atoms. The fourth-order valence-electron chi connectivity index (χ4n) is 3.28. The first-order valence-electron chi connectivity index (χ1n) is 9.01. The van der Waals surface area contributed by atoms with Crippen molar-refractivity contribution in [3.63, 3.8) is 0 Å². The summed E-state index contributed by atoms with van der Waals surface area (Å²) in [6, 6.07) is 15.8. The third kappa shape index (κ3) is 2.77. The van der Waals surface area contributed by atoms with E-state index in [9.17, 15) is 0 Å². The molecule has 0 radical (unpaired) electrons. The minimum absolute atomic E-state index is 0.543. The normalized spacial score (nSPS) is 11.4. The molecule has 7 nitrogen and oxygen atoms in total. The number of aromatic nitrogens is 6. The molecule has 0 amide bonds. The van der Waals surface area contributed by atoms with Crippen LogP contribution in [0.4, 0.5) is 11.5 Å². The first-order chi connectivity index (χ1) is 14.3. The van der Waals surface area contributed by atoms with Crippen LogP contribution in [-0.4, -0.2) is 30.1 Å². The minimum atomic E-state index is 0.543. The Bertz CT molecular complexity index is 1500. The topological polar surface area (TPSA) is 92.3 Å². The molecule has 0 saturated heterocycles. The van der Waals surface area contributed by atoms with E-state index in [0.29, 0.717) is 11.5 Å². The van der Waals surface area contributed by atoms with Crippen molar-refractivity contribution < 1.29 is 0 Å². The summed E-state index contributed by atoms with van der Waals surface area (Å²) in [6.45, 7) is 0. The van der Waals surface area contributed by atoms with E-state index in [1.807, 2.05) is 53.9 Å². The highest BCUT2D eigenvalue weighted by Crippen LogP contribution is 2.31. The summed E-state index contributed by atoms with van der Waals surface area (Å²) in [7, 11) is 0. The van der Waals surface area contributed by atoms with Crippen LogP contribution in [0.5, 0.6) is 0 Å². The maximum Gasteiger partial charge on any atom is 0.182 e. The van der Waals surface area contributed by atoms with Gasteiger partial charge in [0.15, 0.2) is 11.6 Å². The van der Waals surface area contributed by atoms with Crippen LogP contribution >= 0.6 is 11.3 Å². The maximum absolute atomic E-state index is 4.78. The summed E-state index contributed by atoms with van der Waals surface area (Å²) in [5, 5.41) is 13.5. The zero-order chi connectivity index (χ0) is 19.2. The van der Waals surface area contributed by atoms with E-state index in [-0.39, 0.29) is 0 Å². The Labute approximate surface area is 168 Å². The number of aromatic amines is 1. The second kappa shape index (κ2) is 6.32. The molecular formula is C21H13N7S. The van der Waals surface area contributed by atoms with Gasteiger partial charge in [-0.15, -0.1) is 11.3 Å². The number of rotatable bonds is 3. The number of H-pyrrole nitrogens is 1. The lowest BCUT2D eigenvalue weighted by Gasteiger charge is -2.09. The van der Waals surface area contributed by atoms with E-state index in [1.165, 1.54) is 0 Å². The SMILES string of the molecule is c1ccc2nc(-c3nc(Nc4ccc5[nH]ncc5c4)c4sccc4n3)cnc2c1. The number of hydrogen-bond acceptors (Lipinski definition) is 7. The van der Waals surface area contributed by atoms with Crippen molar-refractivity contribution in [2.24, 2.45) is 0 Å². The molecule has 2 aromatic carbocycles. The minimum Gasteiger partial charge on any atom is -0.339 e. The Balaban J connectivity index is 1.48. The van der Waals surface area contributed by atoms with Crippen LogP contribution in [0.25, 0.3) is 43.7 Å². The van der Waals surface area contributed by atoms with Crippen molar-refractivity contribution in [2.45, 2.75) is 0 Å². The van der Waals surface area contributed by atoms with E-state index >= 15 is 0 Å². The number of fused-ring (bicyclic) bond motifs is 3. The zero-order valence-electron chi connectivity index (χ0n) is 15.0. The molecule has 0 aliphatic carbocycles. The molecule has 0 spiro atoms. The predicted octanol–water partition coefficient (Wildman–Crippen LogP) is 4.92. The van der Waals surface area contributed by atoms with E-state index in [0.717, 1.165) is 43.7 Å². The average molecular weight is 395 g/mol. The van der Waals surface area contributed by atoms with Gasteiger partial charge in [0.25, 0.3) is 0 Å². The van der Waals surface area contributed by atoms with Crippen LogP contribution in [0.3, 0.4) is 0 Å². The van der Waals surface area contributed by atoms with Gasteiger partial charge in [0.2, 0.25) is 0 Å². The molecule has 8 heteroatoms. The van der Waals surface area contributed by atoms with Crippen molar-refractivity contribution in [3.8, 4) is 11.5 Å². The molecule has 29 heavy (non-hydrogen) atoms. The van der Waals surface area contributed by atoms with Crippen molar-refractivity contribution in [3.05, 3.63) is 66.3 Å². The molecule has 2 N–H and O–H groups in total. The summed E-state index contributed by atoms with van der Waals surface area (Å²) >= 11 is 1.60. The van der Waals surface area contributed by atoms with E-state index in [1.54, 1.807) is 23.7 Å². The molecule has 138 valence electrons. The summed E-state index contributed by atoms with van der Waals surface area (Å²) < 4.78 is 0.995. The van der Waals surface area contributed by atoms with Crippen LogP contribution in [0.1, 0.15) is 0 Å². The van der Waals surface area contributed by atoms with E-state index in [4.69, 9.17) is 15.0 Å². The Kier molecular flexibility index (Phi) is 3.50. The number of nitrogens with zero attached hydrogens (tertiary/aromatic N) is 5. The average Bonchev–Trinajstić information content (AvgIpc) is 3.42. The van der Waals surface area contributed by atoms with Gasteiger partial charge in [-0.25, -0.2) is 15.0 Å². The molecule has 4 aromatic heterocycles. The second-order valence-corrected chi connectivity index (χ2v) is 7.49. The van der Waals surface area contributed by atoms with Gasteiger partial charge in [-0.1, -0.05) is 12.1 Å². The number of hydrogen-bond donors (Lipinski definition) is 2. The van der Waals surface area contributed by atoms with Crippen molar-refractivity contribution in [2.75, 3.05) is 5.32 Å². The third-order valence-corrected chi connectivity index (χ3v) is 5.59. The largest absolute Gasteiger partial charge is 0.339 e. The molecule has 0 saturated carbocycles. The molecular weight excluding hydrogens is 382 g/mol.